The van der Waals surface area contributed by atoms with Gasteiger partial charge in [-0.1, -0.05) is 20.3 Å². The highest BCUT2D eigenvalue weighted by molar-refractivity contribution is 4.77. The first kappa shape index (κ1) is 11.0. The second-order valence-corrected chi connectivity index (χ2v) is 4.93. The van der Waals surface area contributed by atoms with Crippen molar-refractivity contribution in [2.75, 3.05) is 20.3 Å². The smallest absolute Gasteiger partial charge is 0.0513 e. The maximum Gasteiger partial charge on any atom is 0.0513 e. The summed E-state index contributed by atoms with van der Waals surface area (Å²) in [6.07, 6.45) is 5.38. The van der Waals surface area contributed by atoms with Crippen molar-refractivity contribution in [2.24, 2.45) is 5.41 Å². The van der Waals surface area contributed by atoms with Gasteiger partial charge < -0.3 is 10.1 Å². The van der Waals surface area contributed by atoms with Crippen LogP contribution < -0.4 is 5.32 Å². The minimum absolute atomic E-state index is 0.325. The molecule has 0 aromatic rings. The van der Waals surface area contributed by atoms with Gasteiger partial charge in [-0.15, -0.1) is 0 Å². The molecule has 0 saturated heterocycles. The molecule has 0 amide bonds. The van der Waals surface area contributed by atoms with Crippen LogP contribution in [0, 0.1) is 5.41 Å². The van der Waals surface area contributed by atoms with Crippen molar-refractivity contribution in [1.82, 2.24) is 5.32 Å². The van der Waals surface area contributed by atoms with E-state index in [0.29, 0.717) is 5.41 Å². The van der Waals surface area contributed by atoms with Gasteiger partial charge in [0.15, 0.2) is 0 Å². The topological polar surface area (TPSA) is 21.3 Å². The number of nitrogens with one attached hydrogen (secondary N) is 1. The molecule has 0 radical (unpaired) electrons. The Morgan fingerprint density at radius 1 is 1.38 bits per heavy atom. The molecule has 1 aliphatic carbocycles. The van der Waals surface area contributed by atoms with Crippen molar-refractivity contribution in [2.45, 2.75) is 45.6 Å². The highest BCUT2D eigenvalue weighted by Crippen LogP contribution is 2.21. The Bertz CT molecular complexity index is 141. The van der Waals surface area contributed by atoms with Gasteiger partial charge in [0.05, 0.1) is 6.61 Å². The molecule has 0 aliphatic heterocycles. The van der Waals surface area contributed by atoms with Crippen LogP contribution in [0.25, 0.3) is 0 Å². The van der Waals surface area contributed by atoms with E-state index >= 15 is 0 Å². The summed E-state index contributed by atoms with van der Waals surface area (Å²) < 4.78 is 5.18. The number of rotatable bonds is 6. The molecule has 0 atom stereocenters. The first-order valence-corrected chi connectivity index (χ1v) is 5.36. The fraction of sp³-hybridized carbons (Fsp3) is 1.00. The van der Waals surface area contributed by atoms with Gasteiger partial charge in [0.2, 0.25) is 0 Å². The van der Waals surface area contributed by atoms with Crippen molar-refractivity contribution in [3.8, 4) is 0 Å². The summed E-state index contributed by atoms with van der Waals surface area (Å²) in [4.78, 5) is 0. The lowest BCUT2D eigenvalue weighted by Crippen LogP contribution is -2.37. The summed E-state index contributed by atoms with van der Waals surface area (Å²) in [5.74, 6) is 0. The van der Waals surface area contributed by atoms with E-state index in [4.69, 9.17) is 4.74 Å². The van der Waals surface area contributed by atoms with Gasteiger partial charge in [-0.05, 0) is 31.2 Å². The fourth-order valence-corrected chi connectivity index (χ4v) is 1.69. The zero-order valence-electron chi connectivity index (χ0n) is 9.23. The molecule has 0 heterocycles. The average molecular weight is 185 g/mol. The summed E-state index contributed by atoms with van der Waals surface area (Å²) >= 11 is 0. The summed E-state index contributed by atoms with van der Waals surface area (Å²) in [5.41, 5.74) is 0.325. The highest BCUT2D eigenvalue weighted by Gasteiger charge is 2.20. The molecule has 78 valence electrons. The highest BCUT2D eigenvalue weighted by atomic mass is 16.5. The van der Waals surface area contributed by atoms with Gasteiger partial charge in [0, 0.05) is 13.2 Å². The lowest BCUT2D eigenvalue weighted by atomic mass is 9.89. The lowest BCUT2D eigenvalue weighted by molar-refractivity contribution is 0.0967. The summed E-state index contributed by atoms with van der Waals surface area (Å²) in [6.45, 7) is 6.53. The normalized spacial score (nSPS) is 18.7. The van der Waals surface area contributed by atoms with Crippen LogP contribution in [-0.2, 0) is 4.74 Å². The van der Waals surface area contributed by atoms with Crippen molar-refractivity contribution >= 4 is 0 Å². The number of hydrogen-bond donors (Lipinski definition) is 1. The van der Waals surface area contributed by atoms with Crippen LogP contribution in [0.3, 0.4) is 0 Å². The Labute approximate surface area is 82.0 Å². The third-order valence-electron chi connectivity index (χ3n) is 2.88. The van der Waals surface area contributed by atoms with Crippen LogP contribution in [0.15, 0.2) is 0 Å². The average Bonchev–Trinajstić information content (AvgIpc) is 1.94. The number of ether oxygens (including phenoxy) is 1. The monoisotopic (exact) mass is 185 g/mol. The molecule has 1 N–H and O–H groups in total. The zero-order chi connectivity index (χ0) is 9.73. The van der Waals surface area contributed by atoms with Crippen LogP contribution in [0.5, 0.6) is 0 Å². The molecule has 0 bridgehead atoms. The van der Waals surface area contributed by atoms with Gasteiger partial charge in [-0.25, -0.2) is 0 Å². The summed E-state index contributed by atoms with van der Waals surface area (Å²) in [7, 11) is 1.78. The maximum atomic E-state index is 5.18. The fourth-order valence-electron chi connectivity index (χ4n) is 1.69. The van der Waals surface area contributed by atoms with E-state index in [0.717, 1.165) is 19.2 Å². The third kappa shape index (κ3) is 4.10. The SMILES string of the molecule is COCC(C)(C)CCNC1CCC1. The molecule has 0 aromatic heterocycles. The quantitative estimate of drug-likeness (QED) is 0.685. The van der Waals surface area contributed by atoms with E-state index in [1.165, 1.54) is 25.7 Å². The molecule has 2 nitrogen and oxygen atoms in total. The van der Waals surface area contributed by atoms with E-state index < -0.39 is 0 Å². The molecule has 0 unspecified atom stereocenters. The molecular formula is C11H23NO. The van der Waals surface area contributed by atoms with Gasteiger partial charge >= 0.3 is 0 Å². The lowest BCUT2D eigenvalue weighted by Gasteiger charge is -2.29. The molecule has 1 fully saturated rings. The Balaban J connectivity index is 2.02. The second kappa shape index (κ2) is 4.97. The van der Waals surface area contributed by atoms with Crippen LogP contribution in [0.4, 0.5) is 0 Å². The number of hydrogen-bond acceptors (Lipinski definition) is 2. The van der Waals surface area contributed by atoms with Crippen molar-refractivity contribution in [3.63, 3.8) is 0 Å². The van der Waals surface area contributed by atoms with Crippen LogP contribution in [-0.4, -0.2) is 26.3 Å². The Morgan fingerprint density at radius 2 is 2.08 bits per heavy atom. The van der Waals surface area contributed by atoms with Crippen LogP contribution in [0.2, 0.25) is 0 Å². The summed E-state index contributed by atoms with van der Waals surface area (Å²) in [5, 5.41) is 3.58. The molecule has 1 aliphatic rings. The predicted octanol–water partition coefficient (Wildman–Crippen LogP) is 2.19. The van der Waals surface area contributed by atoms with Crippen LogP contribution >= 0.6 is 0 Å². The molecule has 2 heteroatoms. The van der Waals surface area contributed by atoms with E-state index in [2.05, 4.69) is 19.2 Å². The van der Waals surface area contributed by atoms with E-state index in [1.54, 1.807) is 7.11 Å². The zero-order valence-corrected chi connectivity index (χ0v) is 9.23. The van der Waals surface area contributed by atoms with E-state index in [9.17, 15) is 0 Å². The van der Waals surface area contributed by atoms with Crippen molar-refractivity contribution in [1.29, 1.82) is 0 Å². The van der Waals surface area contributed by atoms with Gasteiger partial charge in [0.25, 0.3) is 0 Å². The molecule has 13 heavy (non-hydrogen) atoms. The Morgan fingerprint density at radius 3 is 2.54 bits per heavy atom. The molecule has 1 rings (SSSR count). The molecule has 0 spiro atoms. The molecule has 0 aromatic carbocycles. The first-order chi connectivity index (χ1) is 6.14. The van der Waals surface area contributed by atoms with Crippen molar-refractivity contribution < 1.29 is 4.74 Å². The third-order valence-corrected chi connectivity index (χ3v) is 2.88. The van der Waals surface area contributed by atoms with Crippen LogP contribution in [0.1, 0.15) is 39.5 Å². The van der Waals surface area contributed by atoms with Gasteiger partial charge in [-0.3, -0.25) is 0 Å². The number of methoxy groups -OCH3 is 1. The van der Waals surface area contributed by atoms with Gasteiger partial charge in [-0.2, -0.15) is 0 Å². The predicted molar refractivity (Wildman–Crippen MR) is 55.9 cm³/mol. The van der Waals surface area contributed by atoms with Gasteiger partial charge in [0.1, 0.15) is 0 Å². The Hall–Kier alpha value is -0.0800. The van der Waals surface area contributed by atoms with E-state index in [1.807, 2.05) is 0 Å². The largest absolute Gasteiger partial charge is 0.384 e. The molecule has 1 saturated carbocycles. The standard InChI is InChI=1S/C11H23NO/c1-11(2,9-13-3)7-8-12-10-5-4-6-10/h10,12H,4-9H2,1-3H3. The van der Waals surface area contributed by atoms with E-state index in [-0.39, 0.29) is 0 Å². The Kier molecular flexibility index (Phi) is 4.20. The maximum absolute atomic E-state index is 5.18. The first-order valence-electron chi connectivity index (χ1n) is 5.36. The van der Waals surface area contributed by atoms with Crippen molar-refractivity contribution in [3.05, 3.63) is 0 Å². The molecular weight excluding hydrogens is 162 g/mol. The minimum atomic E-state index is 0.325. The minimum Gasteiger partial charge on any atom is -0.384 e. The second-order valence-electron chi connectivity index (χ2n) is 4.93. The summed E-state index contributed by atoms with van der Waals surface area (Å²) in [6, 6.07) is 0.818.